The van der Waals surface area contributed by atoms with Crippen molar-refractivity contribution in [1.82, 2.24) is 0 Å². The minimum atomic E-state index is -0.428. The van der Waals surface area contributed by atoms with Gasteiger partial charge >= 0.3 is 0 Å². The van der Waals surface area contributed by atoms with Gasteiger partial charge in [0.15, 0.2) is 0 Å². The molecule has 1 aromatic rings. The van der Waals surface area contributed by atoms with E-state index in [-0.39, 0.29) is 5.82 Å². The maximum atomic E-state index is 13.3. The molecule has 0 amide bonds. The van der Waals surface area contributed by atoms with Gasteiger partial charge in [0.1, 0.15) is 5.82 Å². The SMILES string of the molecule is Cc1ccc(F)cc1C1(N)CCCOCC1. The zero-order valence-corrected chi connectivity index (χ0v) is 9.63. The molecule has 0 spiro atoms. The fourth-order valence-corrected chi connectivity index (χ4v) is 2.37. The van der Waals surface area contributed by atoms with Crippen LogP contribution >= 0.6 is 0 Å². The second kappa shape index (κ2) is 4.52. The largest absolute Gasteiger partial charge is 0.381 e. The summed E-state index contributed by atoms with van der Waals surface area (Å²) in [6, 6.07) is 4.85. The molecule has 1 fully saturated rings. The Morgan fingerprint density at radius 3 is 2.94 bits per heavy atom. The molecule has 88 valence electrons. The first-order valence-corrected chi connectivity index (χ1v) is 5.75. The van der Waals surface area contributed by atoms with Gasteiger partial charge in [-0.2, -0.15) is 0 Å². The molecule has 1 aliphatic rings. The number of aryl methyl sites for hydroxylation is 1. The third kappa shape index (κ3) is 2.25. The predicted octanol–water partition coefficient (Wildman–Crippen LogP) is 2.49. The number of hydrogen-bond donors (Lipinski definition) is 1. The Bertz CT molecular complexity index is 370. The van der Waals surface area contributed by atoms with E-state index in [1.807, 2.05) is 6.92 Å². The summed E-state index contributed by atoms with van der Waals surface area (Å²) in [5.74, 6) is -0.212. The topological polar surface area (TPSA) is 35.2 Å². The molecule has 1 atom stereocenters. The van der Waals surface area contributed by atoms with Crippen LogP contribution in [0.4, 0.5) is 4.39 Å². The third-order valence-corrected chi connectivity index (χ3v) is 3.34. The van der Waals surface area contributed by atoms with Gasteiger partial charge in [-0.05, 0) is 49.4 Å². The van der Waals surface area contributed by atoms with E-state index in [1.54, 1.807) is 12.1 Å². The zero-order valence-electron chi connectivity index (χ0n) is 9.63. The average molecular weight is 223 g/mol. The molecule has 1 heterocycles. The van der Waals surface area contributed by atoms with Gasteiger partial charge in [-0.1, -0.05) is 6.07 Å². The molecule has 16 heavy (non-hydrogen) atoms. The van der Waals surface area contributed by atoms with Crippen molar-refractivity contribution in [3.05, 3.63) is 35.1 Å². The summed E-state index contributed by atoms with van der Waals surface area (Å²) in [6.45, 7) is 3.40. The van der Waals surface area contributed by atoms with Gasteiger partial charge in [0, 0.05) is 18.8 Å². The lowest BCUT2D eigenvalue weighted by atomic mass is 9.82. The number of benzene rings is 1. The fraction of sp³-hybridized carbons (Fsp3) is 0.538. The monoisotopic (exact) mass is 223 g/mol. The first-order valence-electron chi connectivity index (χ1n) is 5.75. The maximum absolute atomic E-state index is 13.3. The summed E-state index contributed by atoms with van der Waals surface area (Å²) in [4.78, 5) is 0. The molecule has 1 aromatic carbocycles. The highest BCUT2D eigenvalue weighted by molar-refractivity contribution is 5.33. The molecule has 1 saturated heterocycles. The van der Waals surface area contributed by atoms with E-state index < -0.39 is 5.54 Å². The van der Waals surface area contributed by atoms with Gasteiger partial charge in [-0.25, -0.2) is 4.39 Å². The van der Waals surface area contributed by atoms with Crippen molar-refractivity contribution in [2.45, 2.75) is 31.7 Å². The van der Waals surface area contributed by atoms with Crippen LogP contribution in [0.5, 0.6) is 0 Å². The fourth-order valence-electron chi connectivity index (χ4n) is 2.37. The van der Waals surface area contributed by atoms with Crippen molar-refractivity contribution in [3.63, 3.8) is 0 Å². The highest BCUT2D eigenvalue weighted by Gasteiger charge is 2.30. The Morgan fingerprint density at radius 1 is 1.31 bits per heavy atom. The van der Waals surface area contributed by atoms with Crippen molar-refractivity contribution in [3.8, 4) is 0 Å². The molecule has 2 rings (SSSR count). The Labute approximate surface area is 95.6 Å². The highest BCUT2D eigenvalue weighted by atomic mass is 19.1. The molecule has 3 heteroatoms. The van der Waals surface area contributed by atoms with Crippen LogP contribution in [0.2, 0.25) is 0 Å². The molecular formula is C13H18FNO. The first-order chi connectivity index (χ1) is 7.62. The van der Waals surface area contributed by atoms with Gasteiger partial charge < -0.3 is 10.5 Å². The van der Waals surface area contributed by atoms with Gasteiger partial charge in [0.2, 0.25) is 0 Å². The number of hydrogen-bond acceptors (Lipinski definition) is 2. The van der Waals surface area contributed by atoms with Crippen LogP contribution in [0.3, 0.4) is 0 Å². The van der Waals surface area contributed by atoms with E-state index in [0.29, 0.717) is 6.61 Å². The number of halogens is 1. The lowest BCUT2D eigenvalue weighted by Crippen LogP contribution is -2.37. The molecule has 0 aromatic heterocycles. The Kier molecular flexibility index (Phi) is 3.26. The first kappa shape index (κ1) is 11.6. The molecule has 0 bridgehead atoms. The second-order valence-electron chi connectivity index (χ2n) is 4.58. The van der Waals surface area contributed by atoms with E-state index in [2.05, 4.69) is 0 Å². The molecular weight excluding hydrogens is 205 g/mol. The van der Waals surface area contributed by atoms with Crippen molar-refractivity contribution in [1.29, 1.82) is 0 Å². The summed E-state index contributed by atoms with van der Waals surface area (Å²) in [7, 11) is 0. The number of ether oxygens (including phenoxy) is 1. The molecule has 0 aliphatic carbocycles. The Morgan fingerprint density at radius 2 is 2.12 bits per heavy atom. The van der Waals surface area contributed by atoms with Crippen LogP contribution in [-0.4, -0.2) is 13.2 Å². The van der Waals surface area contributed by atoms with Crippen LogP contribution in [0, 0.1) is 12.7 Å². The van der Waals surface area contributed by atoms with E-state index >= 15 is 0 Å². The maximum Gasteiger partial charge on any atom is 0.123 e. The summed E-state index contributed by atoms with van der Waals surface area (Å²) in [5, 5.41) is 0. The van der Waals surface area contributed by atoms with Gasteiger partial charge in [-0.15, -0.1) is 0 Å². The summed E-state index contributed by atoms with van der Waals surface area (Å²) in [6.07, 6.45) is 2.56. The third-order valence-electron chi connectivity index (χ3n) is 3.34. The van der Waals surface area contributed by atoms with E-state index in [1.165, 1.54) is 6.07 Å². The van der Waals surface area contributed by atoms with E-state index in [9.17, 15) is 4.39 Å². The lowest BCUT2D eigenvalue weighted by Gasteiger charge is -2.29. The zero-order chi connectivity index (χ0) is 11.6. The highest BCUT2D eigenvalue weighted by Crippen LogP contribution is 2.32. The van der Waals surface area contributed by atoms with E-state index in [0.717, 1.165) is 37.0 Å². The molecule has 0 saturated carbocycles. The minimum Gasteiger partial charge on any atom is -0.381 e. The van der Waals surface area contributed by atoms with Crippen LogP contribution in [-0.2, 0) is 10.3 Å². The van der Waals surface area contributed by atoms with E-state index in [4.69, 9.17) is 10.5 Å². The van der Waals surface area contributed by atoms with Gasteiger partial charge in [0.05, 0.1) is 0 Å². The number of nitrogens with two attached hydrogens (primary N) is 1. The summed E-state index contributed by atoms with van der Waals surface area (Å²) >= 11 is 0. The predicted molar refractivity (Wildman–Crippen MR) is 61.7 cm³/mol. The lowest BCUT2D eigenvalue weighted by molar-refractivity contribution is 0.139. The van der Waals surface area contributed by atoms with Gasteiger partial charge in [0.25, 0.3) is 0 Å². The smallest absolute Gasteiger partial charge is 0.123 e. The normalized spacial score (nSPS) is 26.4. The van der Waals surface area contributed by atoms with Crippen molar-refractivity contribution in [2.75, 3.05) is 13.2 Å². The molecule has 2 nitrogen and oxygen atoms in total. The van der Waals surface area contributed by atoms with Crippen molar-refractivity contribution >= 4 is 0 Å². The molecule has 1 unspecified atom stereocenters. The molecule has 1 aliphatic heterocycles. The molecule has 0 radical (unpaired) electrons. The summed E-state index contributed by atoms with van der Waals surface area (Å²) < 4.78 is 18.7. The van der Waals surface area contributed by atoms with Crippen LogP contribution in [0.25, 0.3) is 0 Å². The van der Waals surface area contributed by atoms with Crippen LogP contribution in [0.1, 0.15) is 30.4 Å². The van der Waals surface area contributed by atoms with Gasteiger partial charge in [-0.3, -0.25) is 0 Å². The average Bonchev–Trinajstić information content (AvgIpc) is 2.48. The van der Waals surface area contributed by atoms with Crippen molar-refractivity contribution < 1.29 is 9.13 Å². The Balaban J connectivity index is 2.36. The summed E-state index contributed by atoms with van der Waals surface area (Å²) in [5.41, 5.74) is 7.97. The minimum absolute atomic E-state index is 0.212. The quantitative estimate of drug-likeness (QED) is 0.794. The van der Waals surface area contributed by atoms with Crippen LogP contribution < -0.4 is 5.73 Å². The van der Waals surface area contributed by atoms with Crippen LogP contribution in [0.15, 0.2) is 18.2 Å². The number of rotatable bonds is 1. The molecule has 2 N–H and O–H groups in total. The van der Waals surface area contributed by atoms with Crippen molar-refractivity contribution in [2.24, 2.45) is 5.73 Å². The standard InChI is InChI=1S/C13H18FNO/c1-10-3-4-11(14)9-12(10)13(15)5-2-7-16-8-6-13/h3-4,9H,2,5-8,15H2,1H3. The second-order valence-corrected chi connectivity index (χ2v) is 4.58. The Hall–Kier alpha value is -0.930.